The Morgan fingerprint density at radius 2 is 1.85 bits per heavy atom. The summed E-state index contributed by atoms with van der Waals surface area (Å²) in [5.74, 6) is -1.78. The van der Waals surface area contributed by atoms with E-state index in [2.05, 4.69) is 5.32 Å². The van der Waals surface area contributed by atoms with Crippen LogP contribution in [-0.2, 0) is 6.42 Å². The van der Waals surface area contributed by atoms with Crippen LogP contribution in [-0.4, -0.2) is 31.2 Å². The number of rotatable bonds is 7. The Hall–Kier alpha value is -3.03. The Morgan fingerprint density at radius 3 is 2.35 bits per heavy atom. The molecule has 0 radical (unpaired) electrons. The average molecular weight is 365 g/mol. The van der Waals surface area contributed by atoms with Crippen molar-refractivity contribution in [2.75, 3.05) is 14.2 Å². The van der Waals surface area contributed by atoms with Crippen molar-refractivity contribution in [3.8, 4) is 11.5 Å². The molecule has 8 heteroatoms. The predicted molar refractivity (Wildman–Crippen MR) is 90.4 cm³/mol. The van der Waals surface area contributed by atoms with Crippen LogP contribution in [0.15, 0.2) is 22.6 Å². The topological polar surface area (TPSA) is 98.0 Å². The molecule has 0 aliphatic carbocycles. The first-order valence-electron chi connectivity index (χ1n) is 7.90. The normalized spacial score (nSPS) is 11.7. The fourth-order valence-corrected chi connectivity index (χ4v) is 2.53. The molecule has 1 amide bonds. The lowest BCUT2D eigenvalue weighted by Crippen LogP contribution is -2.27. The van der Waals surface area contributed by atoms with Crippen molar-refractivity contribution >= 4 is 11.9 Å². The molecule has 2 rings (SSSR count). The number of methoxy groups -OCH3 is 2. The van der Waals surface area contributed by atoms with Crippen LogP contribution < -0.4 is 14.8 Å². The van der Waals surface area contributed by atoms with Crippen LogP contribution in [0.2, 0.25) is 0 Å². The molecule has 0 fully saturated rings. The molecule has 2 N–H and O–H groups in total. The van der Waals surface area contributed by atoms with Gasteiger partial charge in [-0.3, -0.25) is 4.79 Å². The molecule has 1 aromatic heterocycles. The largest absolute Gasteiger partial charge is 0.493 e. The third kappa shape index (κ3) is 3.79. The van der Waals surface area contributed by atoms with Gasteiger partial charge in [0.05, 0.1) is 20.3 Å². The minimum absolute atomic E-state index is 0.0670. The Morgan fingerprint density at radius 1 is 1.23 bits per heavy atom. The van der Waals surface area contributed by atoms with E-state index in [-0.39, 0.29) is 28.4 Å². The van der Waals surface area contributed by atoms with E-state index >= 15 is 0 Å². The molecule has 7 nitrogen and oxygen atoms in total. The lowest BCUT2D eigenvalue weighted by Gasteiger charge is -2.17. The maximum atomic E-state index is 14.3. The first-order chi connectivity index (χ1) is 12.3. The standard InChI is InChI=1S/C18H20FNO6/c1-5-13-11(18(22)23)7-16(26-13)17(21)20-9(2)10-6-14(24-3)15(25-4)8-12(10)19/h6-9H,5H2,1-4H3,(H,20,21)(H,22,23). The number of hydrogen-bond acceptors (Lipinski definition) is 5. The van der Waals surface area contributed by atoms with Gasteiger partial charge < -0.3 is 24.3 Å². The van der Waals surface area contributed by atoms with Crippen LogP contribution in [0.5, 0.6) is 11.5 Å². The van der Waals surface area contributed by atoms with Gasteiger partial charge in [0.15, 0.2) is 17.3 Å². The van der Waals surface area contributed by atoms with Gasteiger partial charge in [-0.05, 0) is 13.0 Å². The number of aromatic carboxylic acids is 1. The minimum Gasteiger partial charge on any atom is -0.493 e. The number of carbonyl (C=O) groups is 2. The number of carbonyl (C=O) groups excluding carboxylic acids is 1. The number of amides is 1. The van der Waals surface area contributed by atoms with Crippen molar-refractivity contribution in [1.82, 2.24) is 5.32 Å². The highest BCUT2D eigenvalue weighted by atomic mass is 19.1. The fourth-order valence-electron chi connectivity index (χ4n) is 2.53. The molecule has 1 heterocycles. The van der Waals surface area contributed by atoms with E-state index in [9.17, 15) is 14.0 Å². The van der Waals surface area contributed by atoms with E-state index in [4.69, 9.17) is 19.0 Å². The molecule has 2 aromatic rings. The number of hydrogen-bond donors (Lipinski definition) is 2. The average Bonchev–Trinajstić information content (AvgIpc) is 3.06. The van der Waals surface area contributed by atoms with Gasteiger partial charge in [-0.1, -0.05) is 6.92 Å². The number of aryl methyl sites for hydroxylation is 1. The zero-order chi connectivity index (χ0) is 19.4. The first-order valence-corrected chi connectivity index (χ1v) is 7.90. The van der Waals surface area contributed by atoms with Crippen molar-refractivity contribution in [2.24, 2.45) is 0 Å². The number of furan rings is 1. The maximum absolute atomic E-state index is 14.3. The lowest BCUT2D eigenvalue weighted by atomic mass is 10.1. The molecular weight excluding hydrogens is 345 g/mol. The van der Waals surface area contributed by atoms with Gasteiger partial charge in [-0.2, -0.15) is 0 Å². The monoisotopic (exact) mass is 365 g/mol. The summed E-state index contributed by atoms with van der Waals surface area (Å²) >= 11 is 0. The van der Waals surface area contributed by atoms with Gasteiger partial charge in [-0.25, -0.2) is 9.18 Å². The zero-order valence-electron chi connectivity index (χ0n) is 14.9. The summed E-state index contributed by atoms with van der Waals surface area (Å²) in [6.07, 6.45) is 0.328. The van der Waals surface area contributed by atoms with Crippen molar-refractivity contribution in [3.05, 3.63) is 46.7 Å². The smallest absolute Gasteiger partial charge is 0.339 e. The molecule has 26 heavy (non-hydrogen) atoms. The van der Waals surface area contributed by atoms with Crippen molar-refractivity contribution in [2.45, 2.75) is 26.3 Å². The molecular formula is C18H20FNO6. The Bertz CT molecular complexity index is 829. The SMILES string of the molecule is CCc1oc(C(=O)NC(C)c2cc(OC)c(OC)cc2F)cc1C(=O)O. The van der Waals surface area contributed by atoms with Crippen molar-refractivity contribution < 1.29 is 33.0 Å². The first kappa shape index (κ1) is 19.3. The maximum Gasteiger partial charge on any atom is 0.339 e. The van der Waals surface area contributed by atoms with Crippen LogP contribution in [0.1, 0.15) is 52.1 Å². The van der Waals surface area contributed by atoms with Gasteiger partial charge in [0.25, 0.3) is 5.91 Å². The second kappa shape index (κ2) is 7.90. The predicted octanol–water partition coefficient (Wildman–Crippen LogP) is 3.19. The number of carboxylic acid groups (broad SMARTS) is 1. The number of carboxylic acids is 1. The Labute approximate surface area is 149 Å². The second-order valence-corrected chi connectivity index (χ2v) is 5.53. The molecule has 0 aliphatic heterocycles. The fraction of sp³-hybridized carbons (Fsp3) is 0.333. The van der Waals surface area contributed by atoms with E-state index in [0.29, 0.717) is 12.2 Å². The zero-order valence-corrected chi connectivity index (χ0v) is 14.9. The summed E-state index contributed by atoms with van der Waals surface area (Å²) in [7, 11) is 2.82. The van der Waals surface area contributed by atoms with E-state index < -0.39 is 23.7 Å². The van der Waals surface area contributed by atoms with E-state index in [1.165, 1.54) is 26.4 Å². The lowest BCUT2D eigenvalue weighted by molar-refractivity contribution is 0.0694. The molecule has 1 atom stereocenters. The van der Waals surface area contributed by atoms with Gasteiger partial charge in [-0.15, -0.1) is 0 Å². The van der Waals surface area contributed by atoms with E-state index in [0.717, 1.165) is 6.07 Å². The Kier molecular flexibility index (Phi) is 5.86. The second-order valence-electron chi connectivity index (χ2n) is 5.53. The third-order valence-electron chi connectivity index (χ3n) is 3.90. The van der Waals surface area contributed by atoms with Gasteiger partial charge in [0, 0.05) is 24.1 Å². The van der Waals surface area contributed by atoms with Gasteiger partial charge >= 0.3 is 5.97 Å². The van der Waals surface area contributed by atoms with E-state index in [1.54, 1.807) is 13.8 Å². The number of ether oxygens (including phenoxy) is 2. The highest BCUT2D eigenvalue weighted by Crippen LogP contribution is 2.32. The summed E-state index contributed by atoms with van der Waals surface area (Å²) in [6, 6.07) is 3.04. The summed E-state index contributed by atoms with van der Waals surface area (Å²) in [5, 5.41) is 11.7. The van der Waals surface area contributed by atoms with Crippen LogP contribution in [0, 0.1) is 5.82 Å². The number of benzene rings is 1. The minimum atomic E-state index is -1.18. The summed E-state index contributed by atoms with van der Waals surface area (Å²) in [6.45, 7) is 3.30. The molecule has 1 aromatic carbocycles. The van der Waals surface area contributed by atoms with Crippen LogP contribution in [0.25, 0.3) is 0 Å². The molecule has 0 spiro atoms. The molecule has 0 aliphatic rings. The van der Waals surface area contributed by atoms with Gasteiger partial charge in [0.2, 0.25) is 0 Å². The molecule has 140 valence electrons. The van der Waals surface area contributed by atoms with Crippen molar-refractivity contribution in [3.63, 3.8) is 0 Å². The molecule has 0 bridgehead atoms. The highest BCUT2D eigenvalue weighted by molar-refractivity contribution is 5.96. The van der Waals surface area contributed by atoms with Crippen LogP contribution >= 0.6 is 0 Å². The summed E-state index contributed by atoms with van der Waals surface area (Å²) < 4.78 is 29.8. The van der Waals surface area contributed by atoms with Crippen LogP contribution in [0.4, 0.5) is 4.39 Å². The van der Waals surface area contributed by atoms with E-state index in [1.807, 2.05) is 0 Å². The number of nitrogens with one attached hydrogen (secondary N) is 1. The van der Waals surface area contributed by atoms with Gasteiger partial charge in [0.1, 0.15) is 17.1 Å². The highest BCUT2D eigenvalue weighted by Gasteiger charge is 2.23. The number of halogens is 1. The molecule has 0 saturated carbocycles. The Balaban J connectivity index is 2.26. The van der Waals surface area contributed by atoms with Crippen LogP contribution in [0.3, 0.4) is 0 Å². The molecule has 1 unspecified atom stereocenters. The third-order valence-corrected chi connectivity index (χ3v) is 3.90. The van der Waals surface area contributed by atoms with Crippen molar-refractivity contribution in [1.29, 1.82) is 0 Å². The summed E-state index contributed by atoms with van der Waals surface area (Å²) in [5.41, 5.74) is 0.124. The quantitative estimate of drug-likeness (QED) is 0.782. The molecule has 0 saturated heterocycles. The summed E-state index contributed by atoms with van der Waals surface area (Å²) in [4.78, 5) is 23.5.